The lowest BCUT2D eigenvalue weighted by atomic mass is 10.1. The van der Waals surface area contributed by atoms with Gasteiger partial charge in [-0.15, -0.1) is 12.4 Å². The van der Waals surface area contributed by atoms with E-state index in [1.165, 1.54) is 12.8 Å². The van der Waals surface area contributed by atoms with Crippen molar-refractivity contribution < 1.29 is 4.79 Å². The second-order valence-corrected chi connectivity index (χ2v) is 5.77. The molecule has 2 saturated heterocycles. The number of carbonyl (C=O) groups is 1. The van der Waals surface area contributed by atoms with Gasteiger partial charge in [0, 0.05) is 38.4 Å². The van der Waals surface area contributed by atoms with Crippen molar-refractivity contribution in [2.45, 2.75) is 31.3 Å². The summed E-state index contributed by atoms with van der Waals surface area (Å²) in [5, 5.41) is 4.20. The maximum Gasteiger partial charge on any atom is 0.270 e. The summed E-state index contributed by atoms with van der Waals surface area (Å²) in [5.74, 6) is 0.0961. The molecule has 1 N–H and O–H groups in total. The molecule has 0 saturated carbocycles. The van der Waals surface area contributed by atoms with E-state index in [2.05, 4.69) is 5.32 Å². The van der Waals surface area contributed by atoms with E-state index < -0.39 is 0 Å². The summed E-state index contributed by atoms with van der Waals surface area (Å²) in [6.45, 7) is 1.66. The number of amides is 1. The van der Waals surface area contributed by atoms with Crippen molar-refractivity contribution in [3.63, 3.8) is 0 Å². The van der Waals surface area contributed by atoms with Gasteiger partial charge in [0.2, 0.25) is 0 Å². The molecule has 1 aromatic heterocycles. The third-order valence-electron chi connectivity index (χ3n) is 4.00. The molecule has 1 amide bonds. The summed E-state index contributed by atoms with van der Waals surface area (Å²) in [5.41, 5.74) is 0.678. The summed E-state index contributed by atoms with van der Waals surface area (Å²) in [7, 11) is 1.86. The minimum atomic E-state index is 0. The Hall–Kier alpha value is -0.710. The summed E-state index contributed by atoms with van der Waals surface area (Å²) in [6, 6.07) is 2.82. The van der Waals surface area contributed by atoms with Crippen LogP contribution >= 0.6 is 24.0 Å². The van der Waals surface area contributed by atoms with E-state index in [0.717, 1.165) is 19.5 Å². The maximum absolute atomic E-state index is 12.5. The molecule has 6 heteroatoms. The van der Waals surface area contributed by atoms with Gasteiger partial charge < -0.3 is 14.8 Å². The molecule has 1 aromatic rings. The van der Waals surface area contributed by atoms with Crippen LogP contribution in [0.5, 0.6) is 0 Å². The molecule has 2 aliphatic rings. The predicted octanol–water partition coefficient (Wildman–Crippen LogP) is 2.07. The van der Waals surface area contributed by atoms with Crippen LogP contribution in [0.3, 0.4) is 0 Å². The van der Waals surface area contributed by atoms with Crippen molar-refractivity contribution in [1.29, 1.82) is 0 Å². The molecular formula is C13H19Cl2N3O. The van der Waals surface area contributed by atoms with Gasteiger partial charge in [0.05, 0.1) is 5.02 Å². The van der Waals surface area contributed by atoms with Gasteiger partial charge in [0.25, 0.3) is 5.91 Å². The van der Waals surface area contributed by atoms with E-state index in [1.807, 2.05) is 11.9 Å². The number of rotatable bonds is 1. The predicted molar refractivity (Wildman–Crippen MR) is 78.1 cm³/mol. The topological polar surface area (TPSA) is 37.3 Å². The fourth-order valence-electron chi connectivity index (χ4n) is 3.03. The summed E-state index contributed by atoms with van der Waals surface area (Å²) in [6.07, 6.45) is 5.27. The fraction of sp³-hybridized carbons (Fsp3) is 0.615. The average molecular weight is 304 g/mol. The summed E-state index contributed by atoms with van der Waals surface area (Å²) >= 11 is 5.94. The van der Waals surface area contributed by atoms with Crippen molar-refractivity contribution in [1.82, 2.24) is 14.8 Å². The molecule has 2 fully saturated rings. The first-order valence-corrected chi connectivity index (χ1v) is 6.88. The van der Waals surface area contributed by atoms with Crippen LogP contribution in [0.1, 0.15) is 29.8 Å². The lowest BCUT2D eigenvalue weighted by molar-refractivity contribution is 0.0738. The molecule has 0 aromatic carbocycles. The van der Waals surface area contributed by atoms with Crippen molar-refractivity contribution in [2.24, 2.45) is 7.05 Å². The highest BCUT2D eigenvalue weighted by Crippen LogP contribution is 2.22. The monoisotopic (exact) mass is 303 g/mol. The molecule has 0 radical (unpaired) electrons. The highest BCUT2D eigenvalue weighted by atomic mass is 35.5. The van der Waals surface area contributed by atoms with Gasteiger partial charge in [0.1, 0.15) is 5.69 Å². The number of nitrogens with one attached hydrogen (secondary N) is 1. The third-order valence-corrected chi connectivity index (χ3v) is 4.21. The van der Waals surface area contributed by atoms with Gasteiger partial charge in [-0.2, -0.15) is 0 Å². The third kappa shape index (κ3) is 2.91. The van der Waals surface area contributed by atoms with E-state index in [-0.39, 0.29) is 18.3 Å². The number of hydrogen-bond donors (Lipinski definition) is 1. The van der Waals surface area contributed by atoms with Gasteiger partial charge in [-0.1, -0.05) is 11.6 Å². The zero-order valence-corrected chi connectivity index (χ0v) is 12.5. The molecule has 0 aliphatic carbocycles. The SMILES string of the molecule is Cl.Cn1cc(Cl)cc1C(=O)N1CCC2CCC(C1)N2. The highest BCUT2D eigenvalue weighted by molar-refractivity contribution is 6.31. The number of halogens is 2. The van der Waals surface area contributed by atoms with Gasteiger partial charge in [-0.05, 0) is 25.3 Å². The Morgan fingerprint density at radius 3 is 2.79 bits per heavy atom. The van der Waals surface area contributed by atoms with E-state index in [1.54, 1.807) is 16.8 Å². The van der Waals surface area contributed by atoms with Crippen molar-refractivity contribution in [3.8, 4) is 0 Å². The molecule has 0 spiro atoms. The molecule has 4 nitrogen and oxygen atoms in total. The Bertz CT molecular complexity index is 474. The number of aryl methyl sites for hydroxylation is 1. The molecule has 3 rings (SSSR count). The van der Waals surface area contributed by atoms with Gasteiger partial charge in [0.15, 0.2) is 0 Å². The van der Waals surface area contributed by atoms with Crippen molar-refractivity contribution in [2.75, 3.05) is 13.1 Å². The average Bonchev–Trinajstić information content (AvgIpc) is 2.81. The second-order valence-electron chi connectivity index (χ2n) is 5.33. The van der Waals surface area contributed by atoms with E-state index in [9.17, 15) is 4.79 Å². The van der Waals surface area contributed by atoms with Crippen LogP contribution in [0.25, 0.3) is 0 Å². The van der Waals surface area contributed by atoms with E-state index in [0.29, 0.717) is 22.8 Å². The number of nitrogens with zero attached hydrogens (tertiary/aromatic N) is 2. The lowest BCUT2D eigenvalue weighted by Crippen LogP contribution is -2.39. The van der Waals surface area contributed by atoms with Crippen LogP contribution in [0.15, 0.2) is 12.3 Å². The highest BCUT2D eigenvalue weighted by Gasteiger charge is 2.32. The van der Waals surface area contributed by atoms with E-state index >= 15 is 0 Å². The molecule has 2 bridgehead atoms. The minimum absolute atomic E-state index is 0. The maximum atomic E-state index is 12.5. The molecule has 106 valence electrons. The van der Waals surface area contributed by atoms with Crippen LogP contribution in [0.2, 0.25) is 5.02 Å². The lowest BCUT2D eigenvalue weighted by Gasteiger charge is -2.24. The standard InChI is InChI=1S/C13H18ClN3O.ClH/c1-16-7-9(14)6-12(16)13(18)17-5-4-10-2-3-11(8-17)15-10;/h6-7,10-11,15H,2-5,8H2,1H3;1H. The second kappa shape index (κ2) is 5.73. The van der Waals surface area contributed by atoms with Crippen molar-refractivity contribution >= 4 is 29.9 Å². The number of carbonyl (C=O) groups excluding carboxylic acids is 1. The summed E-state index contributed by atoms with van der Waals surface area (Å²) in [4.78, 5) is 14.4. The first kappa shape index (κ1) is 14.7. The summed E-state index contributed by atoms with van der Waals surface area (Å²) < 4.78 is 1.81. The van der Waals surface area contributed by atoms with Crippen LogP contribution in [-0.4, -0.2) is 40.5 Å². The van der Waals surface area contributed by atoms with Crippen LogP contribution in [0, 0.1) is 0 Å². The number of hydrogen-bond acceptors (Lipinski definition) is 2. The van der Waals surface area contributed by atoms with Gasteiger partial charge in [-0.3, -0.25) is 4.79 Å². The molecular weight excluding hydrogens is 285 g/mol. The van der Waals surface area contributed by atoms with Gasteiger partial charge in [-0.25, -0.2) is 0 Å². The molecule has 19 heavy (non-hydrogen) atoms. The zero-order chi connectivity index (χ0) is 12.7. The Labute approximate surface area is 124 Å². The Morgan fingerprint density at radius 2 is 2.11 bits per heavy atom. The fourth-order valence-corrected chi connectivity index (χ4v) is 3.28. The largest absolute Gasteiger partial charge is 0.345 e. The Balaban J connectivity index is 0.00000133. The molecule has 2 atom stereocenters. The first-order valence-electron chi connectivity index (χ1n) is 6.50. The normalized spacial score (nSPS) is 25.9. The molecule has 3 heterocycles. The van der Waals surface area contributed by atoms with Gasteiger partial charge >= 0.3 is 0 Å². The van der Waals surface area contributed by atoms with E-state index in [4.69, 9.17) is 11.6 Å². The molecule has 2 unspecified atom stereocenters. The first-order chi connectivity index (χ1) is 8.63. The van der Waals surface area contributed by atoms with Crippen LogP contribution in [0.4, 0.5) is 0 Å². The Kier molecular flexibility index (Phi) is 4.43. The van der Waals surface area contributed by atoms with Crippen LogP contribution in [-0.2, 0) is 7.05 Å². The van der Waals surface area contributed by atoms with Crippen LogP contribution < -0.4 is 5.32 Å². The number of aromatic nitrogens is 1. The quantitative estimate of drug-likeness (QED) is 0.862. The number of fused-ring (bicyclic) bond motifs is 2. The van der Waals surface area contributed by atoms with Crippen molar-refractivity contribution in [3.05, 3.63) is 23.0 Å². The minimum Gasteiger partial charge on any atom is -0.345 e. The Morgan fingerprint density at radius 1 is 1.37 bits per heavy atom. The molecule has 2 aliphatic heterocycles. The number of likely N-dealkylation sites (tertiary alicyclic amines) is 1. The zero-order valence-electron chi connectivity index (χ0n) is 10.9. The smallest absolute Gasteiger partial charge is 0.270 e.